The highest BCUT2D eigenvalue weighted by molar-refractivity contribution is 8.14. The van der Waals surface area contributed by atoms with Crippen LogP contribution in [0.1, 0.15) is 26.2 Å². The van der Waals surface area contributed by atoms with Gasteiger partial charge >= 0.3 is 0 Å². The maximum Gasteiger partial charge on any atom is 0.159 e. The minimum Gasteiger partial charge on any atom is -0.394 e. The van der Waals surface area contributed by atoms with Gasteiger partial charge in [0, 0.05) is 13.0 Å². The molecule has 0 aromatic carbocycles. The van der Waals surface area contributed by atoms with E-state index in [9.17, 15) is 5.11 Å². The number of nitrogens with zero attached hydrogens (tertiary/aromatic N) is 1. The Morgan fingerprint density at radius 1 is 1.59 bits per heavy atom. The molecule has 2 aliphatic heterocycles. The Morgan fingerprint density at radius 3 is 3.12 bits per heavy atom. The van der Waals surface area contributed by atoms with Crippen molar-refractivity contribution in [1.82, 2.24) is 5.32 Å². The molecule has 0 radical (unpaired) electrons. The lowest BCUT2D eigenvalue weighted by atomic mass is 10.0. The molecular formula is C11H20N2O3S. The lowest BCUT2D eigenvalue weighted by Crippen LogP contribution is -2.45. The van der Waals surface area contributed by atoms with Gasteiger partial charge in [-0.3, -0.25) is 4.99 Å². The fourth-order valence-corrected chi connectivity index (χ4v) is 3.20. The number of unbranched alkanes of at least 4 members (excludes halogenated alkanes) is 1. The molecule has 6 heteroatoms. The second-order valence-corrected chi connectivity index (χ2v) is 5.52. The molecule has 0 aromatic rings. The Balaban J connectivity index is 1.88. The molecule has 0 spiro atoms. The maximum atomic E-state index is 9.93. The maximum absolute atomic E-state index is 9.93. The molecule has 3 N–H and O–H groups in total. The summed E-state index contributed by atoms with van der Waals surface area (Å²) < 4.78 is 5.66. The molecular weight excluding hydrogens is 240 g/mol. The zero-order chi connectivity index (χ0) is 12.3. The molecule has 0 aromatic heterocycles. The summed E-state index contributed by atoms with van der Waals surface area (Å²) in [7, 11) is 0. The molecule has 5 nitrogen and oxygen atoms in total. The van der Waals surface area contributed by atoms with E-state index < -0.39 is 6.10 Å². The molecule has 1 fully saturated rings. The molecule has 0 amide bonds. The second-order valence-electron chi connectivity index (χ2n) is 4.44. The predicted molar refractivity (Wildman–Crippen MR) is 68.1 cm³/mol. The number of amidine groups is 1. The van der Waals surface area contributed by atoms with Crippen molar-refractivity contribution in [3.05, 3.63) is 0 Å². The van der Waals surface area contributed by atoms with E-state index in [1.54, 1.807) is 0 Å². The first kappa shape index (κ1) is 13.1. The number of rotatable bonds is 4. The topological polar surface area (TPSA) is 74.1 Å². The normalized spacial score (nSPS) is 36.5. The number of fused-ring (bicyclic) bond motifs is 1. The Bertz CT molecular complexity index is 288. The summed E-state index contributed by atoms with van der Waals surface area (Å²) in [5.74, 6) is 0. The fourth-order valence-electron chi connectivity index (χ4n) is 2.01. The van der Waals surface area contributed by atoms with E-state index >= 15 is 0 Å². The van der Waals surface area contributed by atoms with Crippen LogP contribution in [0.25, 0.3) is 0 Å². The van der Waals surface area contributed by atoms with Gasteiger partial charge < -0.3 is 20.3 Å². The van der Waals surface area contributed by atoms with Crippen molar-refractivity contribution >= 4 is 16.9 Å². The minimum absolute atomic E-state index is 0.0422. The number of ether oxygens (including phenoxy) is 1. The zero-order valence-corrected chi connectivity index (χ0v) is 10.8. The molecule has 17 heavy (non-hydrogen) atoms. The summed E-state index contributed by atoms with van der Waals surface area (Å²) in [5.41, 5.74) is -0.153. The van der Waals surface area contributed by atoms with Crippen molar-refractivity contribution in [3.8, 4) is 0 Å². The average molecular weight is 260 g/mol. The van der Waals surface area contributed by atoms with Crippen LogP contribution in [0.5, 0.6) is 0 Å². The van der Waals surface area contributed by atoms with Crippen molar-refractivity contribution in [2.45, 2.75) is 49.9 Å². The third kappa shape index (κ3) is 3.13. The van der Waals surface area contributed by atoms with Gasteiger partial charge in [-0.15, -0.1) is 0 Å². The van der Waals surface area contributed by atoms with E-state index in [-0.39, 0.29) is 24.2 Å². The van der Waals surface area contributed by atoms with E-state index in [1.807, 2.05) is 0 Å². The predicted octanol–water partition coefficient (Wildman–Crippen LogP) is 0.316. The first-order valence-electron chi connectivity index (χ1n) is 6.17. The van der Waals surface area contributed by atoms with Gasteiger partial charge in [-0.25, -0.2) is 0 Å². The SMILES string of the molecule is CCCCNC1=NC2C(O[C@H](CO)C[C@@H]2O)S1. The van der Waals surface area contributed by atoms with Crippen LogP contribution >= 0.6 is 11.8 Å². The summed E-state index contributed by atoms with van der Waals surface area (Å²) in [5, 5.41) is 23.1. The van der Waals surface area contributed by atoms with Gasteiger partial charge in [0.05, 0.1) is 18.8 Å². The number of aliphatic imine (C=N–C) groups is 1. The Hall–Kier alpha value is -0.300. The number of thioether (sulfide) groups is 1. The van der Waals surface area contributed by atoms with Crippen molar-refractivity contribution in [2.24, 2.45) is 4.99 Å². The summed E-state index contributed by atoms with van der Waals surface area (Å²) >= 11 is 1.51. The molecule has 0 saturated carbocycles. The van der Waals surface area contributed by atoms with E-state index in [0.29, 0.717) is 6.42 Å². The van der Waals surface area contributed by atoms with E-state index in [2.05, 4.69) is 17.2 Å². The van der Waals surface area contributed by atoms with Crippen LogP contribution in [0.4, 0.5) is 0 Å². The molecule has 0 bridgehead atoms. The molecule has 2 heterocycles. The quantitative estimate of drug-likeness (QED) is 0.635. The Labute approximate surface area is 106 Å². The highest BCUT2D eigenvalue weighted by Crippen LogP contribution is 2.35. The van der Waals surface area contributed by atoms with Crippen molar-refractivity contribution in [1.29, 1.82) is 0 Å². The Morgan fingerprint density at radius 2 is 2.41 bits per heavy atom. The van der Waals surface area contributed by atoms with Crippen molar-refractivity contribution in [3.63, 3.8) is 0 Å². The number of nitrogens with one attached hydrogen (secondary N) is 1. The fraction of sp³-hybridized carbons (Fsp3) is 0.909. The number of hydrogen-bond acceptors (Lipinski definition) is 6. The monoisotopic (exact) mass is 260 g/mol. The van der Waals surface area contributed by atoms with Crippen LogP contribution in [-0.2, 0) is 4.74 Å². The standard InChI is InChI=1S/C11H20N2O3S/c1-2-3-4-12-11-13-9-8(15)5-7(6-14)16-10(9)17-11/h7-10,14-15H,2-6H2,1H3,(H,12,13)/t7-,8-,9?,10?/m0/s1. The van der Waals surface area contributed by atoms with E-state index in [4.69, 9.17) is 9.84 Å². The number of hydrogen-bond donors (Lipinski definition) is 3. The van der Waals surface area contributed by atoms with Gasteiger partial charge in [0.2, 0.25) is 0 Å². The van der Waals surface area contributed by atoms with Gasteiger partial charge in [-0.2, -0.15) is 0 Å². The molecule has 2 rings (SSSR count). The largest absolute Gasteiger partial charge is 0.394 e. The van der Waals surface area contributed by atoms with Crippen LogP contribution in [0, 0.1) is 0 Å². The zero-order valence-electron chi connectivity index (χ0n) is 10.0. The second kappa shape index (κ2) is 6.04. The molecule has 2 unspecified atom stereocenters. The van der Waals surface area contributed by atoms with Gasteiger partial charge in [0.1, 0.15) is 11.5 Å². The van der Waals surface area contributed by atoms with Crippen LogP contribution < -0.4 is 5.32 Å². The summed E-state index contributed by atoms with van der Waals surface area (Å²) in [6.07, 6.45) is 1.94. The summed E-state index contributed by atoms with van der Waals surface area (Å²) in [6.45, 7) is 3.00. The third-order valence-electron chi connectivity index (χ3n) is 3.01. The van der Waals surface area contributed by atoms with E-state index in [0.717, 1.165) is 24.6 Å². The summed E-state index contributed by atoms with van der Waals surface area (Å²) in [6, 6.07) is -0.188. The molecule has 2 aliphatic rings. The van der Waals surface area contributed by atoms with Gasteiger partial charge in [0.15, 0.2) is 5.17 Å². The lowest BCUT2D eigenvalue weighted by molar-refractivity contribution is -0.0875. The number of aliphatic hydroxyl groups excluding tert-OH is 2. The average Bonchev–Trinajstić information content (AvgIpc) is 2.72. The molecule has 0 aliphatic carbocycles. The van der Waals surface area contributed by atoms with Crippen LogP contribution in [0.2, 0.25) is 0 Å². The first-order chi connectivity index (χ1) is 8.24. The highest BCUT2D eigenvalue weighted by Gasteiger charge is 2.42. The van der Waals surface area contributed by atoms with Crippen LogP contribution in [-0.4, -0.2) is 52.2 Å². The van der Waals surface area contributed by atoms with Crippen LogP contribution in [0.3, 0.4) is 0 Å². The van der Waals surface area contributed by atoms with Gasteiger partial charge in [-0.05, 0) is 6.42 Å². The molecule has 1 saturated heterocycles. The highest BCUT2D eigenvalue weighted by atomic mass is 32.2. The third-order valence-corrected chi connectivity index (χ3v) is 4.10. The molecule has 98 valence electrons. The molecule has 4 atom stereocenters. The van der Waals surface area contributed by atoms with Crippen molar-refractivity contribution in [2.75, 3.05) is 13.2 Å². The lowest BCUT2D eigenvalue weighted by Gasteiger charge is -2.33. The van der Waals surface area contributed by atoms with Crippen LogP contribution in [0.15, 0.2) is 4.99 Å². The smallest absolute Gasteiger partial charge is 0.159 e. The van der Waals surface area contributed by atoms with E-state index in [1.165, 1.54) is 11.8 Å². The number of aliphatic hydroxyl groups is 2. The van der Waals surface area contributed by atoms with Crippen molar-refractivity contribution < 1.29 is 14.9 Å². The summed E-state index contributed by atoms with van der Waals surface area (Å²) in [4.78, 5) is 4.44. The Kier molecular flexibility index (Phi) is 4.67. The first-order valence-corrected chi connectivity index (χ1v) is 7.05. The van der Waals surface area contributed by atoms with Gasteiger partial charge in [0.25, 0.3) is 0 Å². The minimum atomic E-state index is -0.510. The van der Waals surface area contributed by atoms with Gasteiger partial charge in [-0.1, -0.05) is 25.1 Å².